The highest BCUT2D eigenvalue weighted by Gasteiger charge is 2.19. The smallest absolute Gasteiger partial charge is 0.0675 e. The maximum Gasteiger partial charge on any atom is 0.0675 e. The maximum atomic E-state index is 5.37. The van der Waals surface area contributed by atoms with Crippen LogP contribution in [-0.4, -0.2) is 18.0 Å². The average molecular weight is 179 g/mol. The summed E-state index contributed by atoms with van der Waals surface area (Å²) in [4.78, 5) is 0. The molecule has 0 amide bonds. The fourth-order valence-electron chi connectivity index (χ4n) is 0.993. The van der Waals surface area contributed by atoms with Gasteiger partial charge in [-0.05, 0) is 12.3 Å². The van der Waals surface area contributed by atoms with Crippen LogP contribution in [-0.2, 0) is 4.74 Å². The highest BCUT2D eigenvalue weighted by molar-refractivity contribution is 9.09. The number of rotatable bonds is 1. The molecule has 8 heavy (non-hydrogen) atoms. The van der Waals surface area contributed by atoms with Crippen molar-refractivity contribution in [3.63, 3.8) is 0 Å². The molecular weight excluding hydrogens is 168 g/mol. The molecule has 0 saturated carbocycles. The Balaban J connectivity index is 2.22. The topological polar surface area (TPSA) is 9.23 Å². The Morgan fingerprint density at radius 1 is 1.75 bits per heavy atom. The molecule has 0 aromatic carbocycles. The maximum absolute atomic E-state index is 5.37. The summed E-state index contributed by atoms with van der Waals surface area (Å²) in [5, 5.41) is 0.997. The molecule has 0 aromatic heterocycles. The third kappa shape index (κ3) is 1.46. The van der Waals surface area contributed by atoms with Crippen molar-refractivity contribution >= 4 is 15.9 Å². The Morgan fingerprint density at radius 2 is 2.50 bits per heavy atom. The molecule has 0 aromatic rings. The van der Waals surface area contributed by atoms with Gasteiger partial charge in [0, 0.05) is 11.9 Å². The van der Waals surface area contributed by atoms with Gasteiger partial charge in [-0.2, -0.15) is 0 Å². The summed E-state index contributed by atoms with van der Waals surface area (Å²) in [6.45, 7) is 3.18. The minimum atomic E-state index is 0.491. The number of ether oxygens (including phenoxy) is 1. The Bertz CT molecular complexity index is 74.9. The first-order valence-corrected chi connectivity index (χ1v) is 4.12. The molecule has 0 bridgehead atoms. The van der Waals surface area contributed by atoms with Crippen LogP contribution in [0.3, 0.4) is 0 Å². The van der Waals surface area contributed by atoms with Crippen molar-refractivity contribution < 1.29 is 4.74 Å². The van der Waals surface area contributed by atoms with Crippen molar-refractivity contribution in [1.82, 2.24) is 0 Å². The van der Waals surface area contributed by atoms with Crippen molar-refractivity contribution in [1.29, 1.82) is 0 Å². The van der Waals surface area contributed by atoms with Gasteiger partial charge in [0.2, 0.25) is 0 Å². The van der Waals surface area contributed by atoms with E-state index >= 15 is 0 Å². The van der Waals surface area contributed by atoms with Crippen LogP contribution in [0.15, 0.2) is 0 Å². The van der Waals surface area contributed by atoms with E-state index in [2.05, 4.69) is 22.9 Å². The SMILES string of the molecule is CC1COC(CBr)C1. The van der Waals surface area contributed by atoms with Crippen molar-refractivity contribution in [2.24, 2.45) is 5.92 Å². The number of hydrogen-bond acceptors (Lipinski definition) is 1. The second-order valence-electron chi connectivity index (χ2n) is 2.45. The van der Waals surface area contributed by atoms with Crippen LogP contribution in [0.25, 0.3) is 0 Å². The molecule has 1 rings (SSSR count). The van der Waals surface area contributed by atoms with Crippen molar-refractivity contribution in [2.45, 2.75) is 19.4 Å². The predicted molar refractivity (Wildman–Crippen MR) is 37.3 cm³/mol. The second kappa shape index (κ2) is 2.83. The predicted octanol–water partition coefficient (Wildman–Crippen LogP) is 1.81. The highest BCUT2D eigenvalue weighted by atomic mass is 79.9. The summed E-state index contributed by atoms with van der Waals surface area (Å²) in [5.74, 6) is 0.776. The van der Waals surface area contributed by atoms with Crippen LogP contribution in [0.1, 0.15) is 13.3 Å². The van der Waals surface area contributed by atoms with E-state index in [0.29, 0.717) is 6.10 Å². The van der Waals surface area contributed by atoms with Crippen LogP contribution in [0.4, 0.5) is 0 Å². The summed E-state index contributed by atoms with van der Waals surface area (Å²) in [6, 6.07) is 0. The van der Waals surface area contributed by atoms with Crippen LogP contribution < -0.4 is 0 Å². The summed E-state index contributed by atoms with van der Waals surface area (Å²) in [6.07, 6.45) is 1.72. The molecule has 1 nitrogen and oxygen atoms in total. The normalized spacial score (nSPS) is 38.2. The van der Waals surface area contributed by atoms with E-state index in [-0.39, 0.29) is 0 Å². The summed E-state index contributed by atoms with van der Waals surface area (Å²) in [5.41, 5.74) is 0. The minimum Gasteiger partial charge on any atom is -0.377 e. The average Bonchev–Trinajstić information content (AvgIpc) is 2.14. The Labute approximate surface area is 58.5 Å². The van der Waals surface area contributed by atoms with E-state index in [0.717, 1.165) is 17.9 Å². The van der Waals surface area contributed by atoms with E-state index in [1.165, 1.54) is 6.42 Å². The van der Waals surface area contributed by atoms with Gasteiger partial charge in [-0.15, -0.1) is 0 Å². The second-order valence-corrected chi connectivity index (χ2v) is 3.10. The van der Waals surface area contributed by atoms with Gasteiger partial charge in [0.05, 0.1) is 6.10 Å². The molecule has 2 atom stereocenters. The molecule has 2 unspecified atom stereocenters. The van der Waals surface area contributed by atoms with Gasteiger partial charge in [0.1, 0.15) is 0 Å². The van der Waals surface area contributed by atoms with Crippen molar-refractivity contribution in [3.8, 4) is 0 Å². The van der Waals surface area contributed by atoms with Crippen LogP contribution in [0, 0.1) is 5.92 Å². The van der Waals surface area contributed by atoms with Gasteiger partial charge in [-0.25, -0.2) is 0 Å². The van der Waals surface area contributed by atoms with E-state index in [1.54, 1.807) is 0 Å². The lowest BCUT2D eigenvalue weighted by molar-refractivity contribution is 0.125. The van der Waals surface area contributed by atoms with Gasteiger partial charge in [0.15, 0.2) is 0 Å². The summed E-state index contributed by atoms with van der Waals surface area (Å²) >= 11 is 3.38. The standard InChI is InChI=1S/C6H11BrO/c1-5-2-6(3-7)8-4-5/h5-6H,2-4H2,1H3. The molecule has 0 radical (unpaired) electrons. The van der Waals surface area contributed by atoms with Crippen molar-refractivity contribution in [3.05, 3.63) is 0 Å². The Morgan fingerprint density at radius 3 is 2.75 bits per heavy atom. The lowest BCUT2D eigenvalue weighted by Gasteiger charge is -2.00. The molecule has 1 fully saturated rings. The largest absolute Gasteiger partial charge is 0.377 e. The molecule has 1 aliphatic rings. The monoisotopic (exact) mass is 178 g/mol. The summed E-state index contributed by atoms with van der Waals surface area (Å²) in [7, 11) is 0. The zero-order valence-corrected chi connectivity index (χ0v) is 6.65. The number of halogens is 1. The molecule has 2 heteroatoms. The fourth-order valence-corrected chi connectivity index (χ4v) is 1.44. The van der Waals surface area contributed by atoms with Gasteiger partial charge in [-0.1, -0.05) is 22.9 Å². The van der Waals surface area contributed by atoms with Gasteiger partial charge < -0.3 is 4.74 Å². The molecule has 1 aliphatic heterocycles. The lowest BCUT2D eigenvalue weighted by Crippen LogP contribution is -2.04. The van der Waals surface area contributed by atoms with Crippen LogP contribution in [0.5, 0.6) is 0 Å². The van der Waals surface area contributed by atoms with Crippen LogP contribution in [0.2, 0.25) is 0 Å². The van der Waals surface area contributed by atoms with Crippen LogP contribution >= 0.6 is 15.9 Å². The number of hydrogen-bond donors (Lipinski definition) is 0. The first-order chi connectivity index (χ1) is 3.83. The van der Waals surface area contributed by atoms with E-state index < -0.39 is 0 Å². The van der Waals surface area contributed by atoms with Crippen molar-refractivity contribution in [2.75, 3.05) is 11.9 Å². The molecule has 0 N–H and O–H groups in total. The van der Waals surface area contributed by atoms with E-state index in [4.69, 9.17) is 4.74 Å². The highest BCUT2D eigenvalue weighted by Crippen LogP contribution is 2.19. The zero-order valence-electron chi connectivity index (χ0n) is 5.06. The first kappa shape index (κ1) is 6.56. The fraction of sp³-hybridized carbons (Fsp3) is 1.00. The van der Waals surface area contributed by atoms with Gasteiger partial charge >= 0.3 is 0 Å². The lowest BCUT2D eigenvalue weighted by atomic mass is 10.1. The minimum absolute atomic E-state index is 0.491. The van der Waals surface area contributed by atoms with E-state index in [9.17, 15) is 0 Å². The summed E-state index contributed by atoms with van der Waals surface area (Å²) < 4.78 is 5.37. The van der Waals surface area contributed by atoms with E-state index in [1.807, 2.05) is 0 Å². The molecule has 48 valence electrons. The quantitative estimate of drug-likeness (QED) is 0.557. The number of alkyl halides is 1. The molecule has 0 aliphatic carbocycles. The molecule has 1 saturated heterocycles. The third-order valence-corrected chi connectivity index (χ3v) is 2.18. The third-order valence-electron chi connectivity index (χ3n) is 1.45. The molecule has 0 spiro atoms. The Hall–Kier alpha value is 0.440. The Kier molecular flexibility index (Phi) is 2.32. The van der Waals surface area contributed by atoms with Gasteiger partial charge in [-0.3, -0.25) is 0 Å². The van der Waals surface area contributed by atoms with Gasteiger partial charge in [0.25, 0.3) is 0 Å². The first-order valence-electron chi connectivity index (χ1n) is 3.00. The molecular formula is C6H11BrO. The zero-order chi connectivity index (χ0) is 5.98. The molecule has 1 heterocycles.